The quantitative estimate of drug-likeness (QED) is 0.0427. The highest BCUT2D eigenvalue weighted by Crippen LogP contribution is 2.31. The van der Waals surface area contributed by atoms with Gasteiger partial charge in [-0.05, 0) is 12.8 Å². The number of hydrogen-bond acceptors (Lipinski definition) is 21. The molecule has 23 nitrogen and oxygen atoms in total. The molecule has 4 aliphatic heterocycles. The summed E-state index contributed by atoms with van der Waals surface area (Å²) in [6.45, 7) is -2.49. The Kier molecular flexibility index (Phi) is 17.5. The lowest BCUT2D eigenvalue weighted by Crippen LogP contribution is -2.65. The number of amides is 3. The van der Waals surface area contributed by atoms with Crippen molar-refractivity contribution in [3.63, 3.8) is 0 Å². The van der Waals surface area contributed by atoms with Gasteiger partial charge in [0.05, 0.1) is 26.4 Å². The fraction of sp³-hybridized carbons (Fsp3) is 0.875. The number of carbonyl (C=O) groups excluding carboxylic acids is 4. The minimum absolute atomic E-state index is 0.00224. The van der Waals surface area contributed by atoms with Crippen molar-refractivity contribution in [1.82, 2.24) is 10.4 Å². The number of nitrogens with one attached hydrogen (secondary N) is 1. The van der Waals surface area contributed by atoms with Crippen LogP contribution in [0.4, 0.5) is 0 Å². The normalized spacial score (nSPS) is 38.3. The Morgan fingerprint density at radius 3 is 1.76 bits per heavy atom. The summed E-state index contributed by atoms with van der Waals surface area (Å²) in [5.74, 6) is -2.18. The van der Waals surface area contributed by atoms with Gasteiger partial charge in [0.15, 0.2) is 18.9 Å². The van der Waals surface area contributed by atoms with Crippen molar-refractivity contribution in [1.29, 1.82) is 0 Å². The fourth-order valence-corrected chi connectivity index (χ4v) is 6.24. The molecule has 316 valence electrons. The van der Waals surface area contributed by atoms with Crippen molar-refractivity contribution in [2.45, 2.75) is 143 Å². The van der Waals surface area contributed by atoms with Crippen molar-refractivity contribution in [2.75, 3.05) is 33.0 Å². The number of rotatable bonds is 19. The molecule has 15 atom stereocenters. The van der Waals surface area contributed by atoms with Crippen LogP contribution in [0.2, 0.25) is 0 Å². The molecule has 0 aromatic rings. The molecule has 0 unspecified atom stereocenters. The largest absolute Gasteiger partial charge is 0.394 e. The molecule has 0 bridgehead atoms. The topological polar surface area (TPSA) is 350 Å². The number of unbranched alkanes of at least 4 members (excludes halogenated alkanes) is 3. The first-order chi connectivity index (χ1) is 26.2. The molecule has 0 saturated carbocycles. The zero-order chi connectivity index (χ0) is 40.4. The molecule has 4 fully saturated rings. The second-order valence-electron chi connectivity index (χ2n) is 13.5. The van der Waals surface area contributed by atoms with Crippen LogP contribution in [0.25, 0.3) is 0 Å². The molecule has 0 spiro atoms. The van der Waals surface area contributed by atoms with Gasteiger partial charge in [-0.25, -0.2) is 4.79 Å². The second kappa shape index (κ2) is 21.3. The minimum atomic E-state index is -1.91. The maximum absolute atomic E-state index is 12.4. The van der Waals surface area contributed by atoms with Crippen LogP contribution in [0.5, 0.6) is 0 Å². The number of imide groups is 1. The number of carbonyl (C=O) groups is 4. The van der Waals surface area contributed by atoms with E-state index in [1.165, 1.54) is 0 Å². The van der Waals surface area contributed by atoms with Crippen LogP contribution in [-0.4, -0.2) is 205 Å². The van der Waals surface area contributed by atoms with Crippen molar-refractivity contribution in [2.24, 2.45) is 0 Å². The molecular weight excluding hydrogens is 748 g/mol. The lowest BCUT2D eigenvalue weighted by molar-refractivity contribution is -0.366. The molecule has 4 saturated heterocycles. The van der Waals surface area contributed by atoms with E-state index >= 15 is 0 Å². The summed E-state index contributed by atoms with van der Waals surface area (Å²) in [5, 5.41) is 106. The molecule has 55 heavy (non-hydrogen) atoms. The zero-order valence-corrected chi connectivity index (χ0v) is 29.8. The summed E-state index contributed by atoms with van der Waals surface area (Å²) in [6.07, 6.45) is -23.1. The number of ether oxygens (including phenoxy) is 6. The van der Waals surface area contributed by atoms with E-state index in [0.717, 1.165) is 0 Å². The standard InChI is InChI=1S/C32H52N2O21/c35-11-14-21(41)24(44)26(46)30(51-14)50-13-16-23(43)29(54-32-27(47)25(45)22(42)15(12-36)52-32)28(48)31(53-16)49-10-9-33-17(37)5-3-1-2-4-6-20(40)55-34-18(38)7-8-19(34)39/h14-16,21-32,35-36,41-48H,1-13H2,(H,33,37)/t14-,15-,16-,21-,22-,23-,24+,25+,26+,27+,28+,29+,30+,31+,32-/m1/s1. The first-order valence-corrected chi connectivity index (χ1v) is 18.0. The summed E-state index contributed by atoms with van der Waals surface area (Å²) in [7, 11) is 0. The van der Waals surface area contributed by atoms with Gasteiger partial charge in [0.2, 0.25) is 5.91 Å². The highest BCUT2D eigenvalue weighted by molar-refractivity contribution is 6.01. The molecule has 11 N–H and O–H groups in total. The van der Waals surface area contributed by atoms with E-state index < -0.39 is 130 Å². The summed E-state index contributed by atoms with van der Waals surface area (Å²) < 4.78 is 33.1. The molecule has 0 aromatic heterocycles. The molecular formula is C32H52N2O21. The van der Waals surface area contributed by atoms with Gasteiger partial charge in [-0.1, -0.05) is 12.8 Å². The molecule has 4 aliphatic rings. The van der Waals surface area contributed by atoms with E-state index in [-0.39, 0.29) is 44.7 Å². The SMILES string of the molecule is O=C(CCCCCCC(=O)ON1C(=O)CCC1=O)NCCO[C@H]1O[C@H](CO[C@H]2O[C@H](CO)[C@@H](O)[C@H](O)[C@@H]2O)[C@@H](O)[C@H](O[C@H]2O[C@H](CO)[C@@H](O)[C@H](O)[C@@H]2O)[C@@H]1O. The van der Waals surface area contributed by atoms with E-state index in [1.54, 1.807) is 0 Å². The third kappa shape index (κ3) is 11.8. The summed E-state index contributed by atoms with van der Waals surface area (Å²) in [4.78, 5) is 52.1. The Bertz CT molecular complexity index is 1240. The number of nitrogens with zero attached hydrogens (tertiary/aromatic N) is 1. The van der Waals surface area contributed by atoms with Crippen LogP contribution < -0.4 is 5.32 Å². The van der Waals surface area contributed by atoms with Gasteiger partial charge in [-0.15, -0.1) is 5.06 Å². The highest BCUT2D eigenvalue weighted by Gasteiger charge is 2.52. The minimum Gasteiger partial charge on any atom is -0.394 e. The Labute approximate surface area is 314 Å². The highest BCUT2D eigenvalue weighted by atomic mass is 16.8. The van der Waals surface area contributed by atoms with Gasteiger partial charge in [0.25, 0.3) is 11.8 Å². The van der Waals surface area contributed by atoms with E-state index in [1.807, 2.05) is 0 Å². The van der Waals surface area contributed by atoms with Crippen molar-refractivity contribution >= 4 is 23.7 Å². The zero-order valence-electron chi connectivity index (χ0n) is 29.8. The van der Waals surface area contributed by atoms with Crippen LogP contribution in [0.3, 0.4) is 0 Å². The van der Waals surface area contributed by atoms with Crippen molar-refractivity contribution in [3.8, 4) is 0 Å². The summed E-state index contributed by atoms with van der Waals surface area (Å²) in [6, 6.07) is 0. The molecule has 0 aliphatic carbocycles. The van der Waals surface area contributed by atoms with Gasteiger partial charge >= 0.3 is 5.97 Å². The molecule has 0 radical (unpaired) electrons. The van der Waals surface area contributed by atoms with E-state index in [0.29, 0.717) is 30.7 Å². The Balaban J connectivity index is 1.26. The van der Waals surface area contributed by atoms with Crippen LogP contribution in [0.15, 0.2) is 0 Å². The maximum Gasteiger partial charge on any atom is 0.333 e. The number of aliphatic hydroxyl groups excluding tert-OH is 10. The van der Waals surface area contributed by atoms with Crippen LogP contribution in [-0.2, 0) is 52.4 Å². The Morgan fingerprint density at radius 1 is 0.636 bits per heavy atom. The lowest BCUT2D eigenvalue weighted by Gasteiger charge is -2.46. The molecule has 23 heteroatoms. The third-order valence-corrected chi connectivity index (χ3v) is 9.49. The fourth-order valence-electron chi connectivity index (χ4n) is 6.24. The number of hydroxylamine groups is 2. The maximum atomic E-state index is 12.4. The van der Waals surface area contributed by atoms with Gasteiger partial charge in [-0.2, -0.15) is 0 Å². The van der Waals surface area contributed by atoms with Gasteiger partial charge in [-0.3, -0.25) is 14.4 Å². The first-order valence-electron chi connectivity index (χ1n) is 18.0. The predicted molar refractivity (Wildman–Crippen MR) is 173 cm³/mol. The van der Waals surface area contributed by atoms with E-state index in [4.69, 9.17) is 33.3 Å². The first kappa shape index (κ1) is 45.1. The number of aliphatic hydroxyl groups is 10. The van der Waals surface area contributed by atoms with E-state index in [2.05, 4.69) is 5.32 Å². The molecule has 0 aromatic carbocycles. The second-order valence-corrected chi connectivity index (χ2v) is 13.5. The monoisotopic (exact) mass is 800 g/mol. The predicted octanol–water partition coefficient (Wildman–Crippen LogP) is -6.48. The lowest BCUT2D eigenvalue weighted by atomic mass is 9.96. The Morgan fingerprint density at radius 2 is 1.16 bits per heavy atom. The van der Waals surface area contributed by atoms with Crippen LogP contribution >= 0.6 is 0 Å². The Hall–Kier alpha value is -2.56. The number of hydrogen-bond donors (Lipinski definition) is 11. The molecule has 3 amide bonds. The average molecular weight is 801 g/mol. The van der Waals surface area contributed by atoms with Gasteiger partial charge in [0.1, 0.15) is 73.2 Å². The van der Waals surface area contributed by atoms with Crippen molar-refractivity contribution < 1.29 is 104 Å². The van der Waals surface area contributed by atoms with Crippen LogP contribution in [0, 0.1) is 0 Å². The van der Waals surface area contributed by atoms with Crippen LogP contribution in [0.1, 0.15) is 51.4 Å². The molecule has 4 rings (SSSR count). The molecule has 4 heterocycles. The van der Waals surface area contributed by atoms with Gasteiger partial charge in [0, 0.05) is 32.2 Å². The summed E-state index contributed by atoms with van der Waals surface area (Å²) >= 11 is 0. The summed E-state index contributed by atoms with van der Waals surface area (Å²) in [5.41, 5.74) is 0. The average Bonchev–Trinajstić information content (AvgIpc) is 3.48. The van der Waals surface area contributed by atoms with Gasteiger partial charge < -0.3 is 89.6 Å². The van der Waals surface area contributed by atoms with Crippen molar-refractivity contribution in [3.05, 3.63) is 0 Å². The third-order valence-electron chi connectivity index (χ3n) is 9.49. The van der Waals surface area contributed by atoms with E-state index in [9.17, 15) is 70.2 Å². The smallest absolute Gasteiger partial charge is 0.333 e.